The second kappa shape index (κ2) is 5.33. The normalized spacial score (nSPS) is 17.4. The molecule has 1 aromatic carbocycles. The Balaban J connectivity index is 2.13. The summed E-state index contributed by atoms with van der Waals surface area (Å²) in [5.41, 5.74) is 1.41. The van der Waals surface area contributed by atoms with Crippen molar-refractivity contribution in [2.45, 2.75) is 43.3 Å². The van der Waals surface area contributed by atoms with Crippen LogP contribution in [0, 0.1) is 5.82 Å². The number of aliphatic carboxylic acids is 1. The average molecular weight is 308 g/mol. The molecule has 1 saturated carbocycles. The van der Waals surface area contributed by atoms with Crippen molar-refractivity contribution < 1.29 is 14.3 Å². The minimum Gasteiger partial charge on any atom is -0.481 e. The Bertz CT molecular complexity index is 692. The maximum Gasteiger partial charge on any atom is 0.313 e. The van der Waals surface area contributed by atoms with E-state index in [1.807, 2.05) is 0 Å². The molecule has 0 radical (unpaired) electrons. The van der Waals surface area contributed by atoms with E-state index in [4.69, 9.17) is 5.11 Å². The molecule has 1 aromatic heterocycles. The predicted molar refractivity (Wildman–Crippen MR) is 80.2 cm³/mol. The zero-order chi connectivity index (χ0) is 15.0. The highest BCUT2D eigenvalue weighted by Crippen LogP contribution is 2.41. The summed E-state index contributed by atoms with van der Waals surface area (Å²) in [6, 6.07) is 4.59. The third kappa shape index (κ3) is 2.64. The fourth-order valence-corrected chi connectivity index (χ4v) is 4.00. The van der Waals surface area contributed by atoms with Gasteiger partial charge < -0.3 is 9.67 Å². The largest absolute Gasteiger partial charge is 0.481 e. The van der Waals surface area contributed by atoms with E-state index < -0.39 is 5.97 Å². The van der Waals surface area contributed by atoms with Gasteiger partial charge in [0, 0.05) is 11.6 Å². The highest BCUT2D eigenvalue weighted by atomic mass is 32.2. The number of benzene rings is 1. The molecule has 2 aromatic rings. The number of carbonyl (C=O) groups is 1. The molecule has 1 heterocycles. The van der Waals surface area contributed by atoms with Gasteiger partial charge in [0.1, 0.15) is 5.82 Å². The average Bonchev–Trinajstić information content (AvgIpc) is 3.00. The van der Waals surface area contributed by atoms with Gasteiger partial charge in [-0.15, -0.1) is 0 Å². The van der Waals surface area contributed by atoms with Crippen LogP contribution in [0.25, 0.3) is 11.0 Å². The second-order valence-corrected chi connectivity index (χ2v) is 6.69. The molecule has 0 atom stereocenters. The molecule has 112 valence electrons. The van der Waals surface area contributed by atoms with Crippen LogP contribution < -0.4 is 0 Å². The molecule has 0 amide bonds. The van der Waals surface area contributed by atoms with E-state index in [9.17, 15) is 9.18 Å². The molecule has 1 N–H and O–H groups in total. The van der Waals surface area contributed by atoms with E-state index in [0.29, 0.717) is 10.7 Å². The van der Waals surface area contributed by atoms with Gasteiger partial charge in [0.2, 0.25) is 0 Å². The van der Waals surface area contributed by atoms with E-state index in [1.165, 1.54) is 23.9 Å². The van der Waals surface area contributed by atoms with Crippen molar-refractivity contribution in [2.75, 3.05) is 5.75 Å². The SMILES string of the molecule is CC1(n2c(SCC(=O)O)nc3cc(F)ccc32)CCCC1. The Kier molecular flexibility index (Phi) is 3.65. The minimum absolute atomic E-state index is 0.0398. The van der Waals surface area contributed by atoms with Gasteiger partial charge in [-0.3, -0.25) is 4.79 Å². The fourth-order valence-electron chi connectivity index (χ4n) is 3.14. The summed E-state index contributed by atoms with van der Waals surface area (Å²) in [5.74, 6) is -1.23. The van der Waals surface area contributed by atoms with Gasteiger partial charge >= 0.3 is 5.97 Å². The molecule has 0 saturated heterocycles. The lowest BCUT2D eigenvalue weighted by Crippen LogP contribution is -2.27. The molecule has 1 aliphatic carbocycles. The number of carboxylic acid groups (broad SMARTS) is 1. The number of carboxylic acids is 1. The Morgan fingerprint density at radius 1 is 1.48 bits per heavy atom. The third-order valence-corrected chi connectivity index (χ3v) is 5.05. The van der Waals surface area contributed by atoms with Crippen molar-refractivity contribution in [3.63, 3.8) is 0 Å². The third-order valence-electron chi connectivity index (χ3n) is 4.13. The first-order chi connectivity index (χ1) is 9.99. The molecule has 0 unspecified atom stereocenters. The maximum absolute atomic E-state index is 13.4. The summed E-state index contributed by atoms with van der Waals surface area (Å²) >= 11 is 1.20. The Morgan fingerprint density at radius 2 is 2.19 bits per heavy atom. The van der Waals surface area contributed by atoms with Crippen molar-refractivity contribution >= 4 is 28.8 Å². The summed E-state index contributed by atoms with van der Waals surface area (Å²) in [7, 11) is 0. The zero-order valence-electron chi connectivity index (χ0n) is 11.8. The van der Waals surface area contributed by atoms with Gasteiger partial charge in [-0.1, -0.05) is 24.6 Å². The zero-order valence-corrected chi connectivity index (χ0v) is 12.6. The lowest BCUT2D eigenvalue weighted by Gasteiger charge is -2.28. The van der Waals surface area contributed by atoms with Crippen LogP contribution >= 0.6 is 11.8 Å². The summed E-state index contributed by atoms with van der Waals surface area (Å²) in [6.07, 6.45) is 4.38. The summed E-state index contributed by atoms with van der Waals surface area (Å²) < 4.78 is 15.5. The molecule has 21 heavy (non-hydrogen) atoms. The molecular formula is C15H17FN2O2S. The topological polar surface area (TPSA) is 55.1 Å². The van der Waals surface area contributed by atoms with Crippen LogP contribution in [0.5, 0.6) is 0 Å². The number of rotatable bonds is 4. The first kappa shape index (κ1) is 14.4. The fraction of sp³-hybridized carbons (Fsp3) is 0.467. The number of halogens is 1. The molecule has 1 fully saturated rings. The number of hydrogen-bond donors (Lipinski definition) is 1. The van der Waals surface area contributed by atoms with Crippen LogP contribution in [0.3, 0.4) is 0 Å². The van der Waals surface area contributed by atoms with Gasteiger partial charge in [-0.05, 0) is 31.9 Å². The van der Waals surface area contributed by atoms with E-state index in [-0.39, 0.29) is 17.1 Å². The quantitative estimate of drug-likeness (QED) is 0.876. The second-order valence-electron chi connectivity index (χ2n) is 5.75. The summed E-state index contributed by atoms with van der Waals surface area (Å²) in [4.78, 5) is 15.3. The first-order valence-electron chi connectivity index (χ1n) is 7.03. The van der Waals surface area contributed by atoms with Crippen LogP contribution in [0.4, 0.5) is 4.39 Å². The van der Waals surface area contributed by atoms with Crippen molar-refractivity contribution in [3.8, 4) is 0 Å². The highest BCUT2D eigenvalue weighted by Gasteiger charge is 2.34. The van der Waals surface area contributed by atoms with Gasteiger partial charge in [0.25, 0.3) is 0 Å². The number of imidazole rings is 1. The standard InChI is InChI=1S/C15H17FN2O2S/c1-15(6-2-3-7-15)18-12-5-4-10(16)8-11(12)17-14(18)21-9-13(19)20/h4-5,8H,2-3,6-7,9H2,1H3,(H,19,20). The van der Waals surface area contributed by atoms with Crippen LogP contribution in [-0.2, 0) is 10.3 Å². The van der Waals surface area contributed by atoms with E-state index in [2.05, 4.69) is 16.5 Å². The molecule has 6 heteroatoms. The van der Waals surface area contributed by atoms with Crippen LogP contribution in [0.2, 0.25) is 0 Å². The Morgan fingerprint density at radius 3 is 2.86 bits per heavy atom. The molecular weight excluding hydrogens is 291 g/mol. The minimum atomic E-state index is -0.874. The monoisotopic (exact) mass is 308 g/mol. The van der Waals surface area contributed by atoms with E-state index in [1.54, 1.807) is 6.07 Å². The molecule has 0 bridgehead atoms. The summed E-state index contributed by atoms with van der Waals surface area (Å²) in [6.45, 7) is 2.18. The smallest absolute Gasteiger partial charge is 0.313 e. The number of aromatic nitrogens is 2. The van der Waals surface area contributed by atoms with Gasteiger partial charge in [-0.2, -0.15) is 0 Å². The lowest BCUT2D eigenvalue weighted by atomic mass is 10.00. The van der Waals surface area contributed by atoms with Gasteiger partial charge in [0.15, 0.2) is 5.16 Å². The number of hydrogen-bond acceptors (Lipinski definition) is 3. The van der Waals surface area contributed by atoms with Crippen molar-refractivity contribution in [2.24, 2.45) is 0 Å². The summed E-state index contributed by atoms with van der Waals surface area (Å²) in [5, 5.41) is 9.57. The Hall–Kier alpha value is -1.56. The Labute approximate surface area is 126 Å². The van der Waals surface area contributed by atoms with E-state index >= 15 is 0 Å². The molecule has 0 spiro atoms. The maximum atomic E-state index is 13.4. The van der Waals surface area contributed by atoms with Gasteiger partial charge in [0.05, 0.1) is 16.8 Å². The number of fused-ring (bicyclic) bond motifs is 1. The number of nitrogens with zero attached hydrogens (tertiary/aromatic N) is 2. The number of thioether (sulfide) groups is 1. The molecule has 4 nitrogen and oxygen atoms in total. The van der Waals surface area contributed by atoms with Crippen molar-refractivity contribution in [1.82, 2.24) is 9.55 Å². The predicted octanol–water partition coefficient (Wildman–Crippen LogP) is 3.64. The molecule has 3 rings (SSSR count). The van der Waals surface area contributed by atoms with Crippen molar-refractivity contribution in [1.29, 1.82) is 0 Å². The van der Waals surface area contributed by atoms with Crippen LogP contribution in [-0.4, -0.2) is 26.4 Å². The van der Waals surface area contributed by atoms with Gasteiger partial charge in [-0.25, -0.2) is 9.37 Å². The lowest BCUT2D eigenvalue weighted by molar-refractivity contribution is -0.133. The highest BCUT2D eigenvalue weighted by molar-refractivity contribution is 7.99. The molecule has 1 aliphatic rings. The first-order valence-corrected chi connectivity index (χ1v) is 8.01. The van der Waals surface area contributed by atoms with Crippen LogP contribution in [0.1, 0.15) is 32.6 Å². The van der Waals surface area contributed by atoms with E-state index in [0.717, 1.165) is 31.2 Å². The van der Waals surface area contributed by atoms with Crippen molar-refractivity contribution in [3.05, 3.63) is 24.0 Å². The van der Waals surface area contributed by atoms with Crippen LogP contribution in [0.15, 0.2) is 23.4 Å². The molecule has 0 aliphatic heterocycles.